The first-order valence-corrected chi connectivity index (χ1v) is 9.33. The lowest BCUT2D eigenvalue weighted by Gasteiger charge is -2.42. The quantitative estimate of drug-likeness (QED) is 0.903. The van der Waals surface area contributed by atoms with Crippen LogP contribution < -0.4 is 4.72 Å². The molecule has 2 rings (SSSR count). The number of hydrogen-bond acceptors (Lipinski definition) is 4. The van der Waals surface area contributed by atoms with Crippen LogP contribution in [0.25, 0.3) is 0 Å². The molecular formula is C17H23N3O3S. The van der Waals surface area contributed by atoms with Gasteiger partial charge in [0.15, 0.2) is 0 Å². The number of carbonyl (C=O) groups is 1. The van der Waals surface area contributed by atoms with Crippen LogP contribution in [0.5, 0.6) is 0 Å². The summed E-state index contributed by atoms with van der Waals surface area (Å²) in [6, 6.07) is 8.02. The molecule has 1 saturated carbocycles. The Morgan fingerprint density at radius 1 is 1.25 bits per heavy atom. The minimum atomic E-state index is -3.63. The number of hydrogen-bond donors (Lipinski definition) is 1. The molecule has 1 aromatic rings. The van der Waals surface area contributed by atoms with Gasteiger partial charge in [0.25, 0.3) is 5.91 Å². The molecule has 1 fully saturated rings. The monoisotopic (exact) mass is 349 g/mol. The largest absolute Gasteiger partial charge is 0.323 e. The summed E-state index contributed by atoms with van der Waals surface area (Å²) in [5.74, 6) is -0.274. The predicted molar refractivity (Wildman–Crippen MR) is 90.8 cm³/mol. The van der Waals surface area contributed by atoms with E-state index in [9.17, 15) is 18.5 Å². The van der Waals surface area contributed by atoms with E-state index in [-0.39, 0.29) is 10.8 Å². The number of sulfonamides is 1. The molecule has 0 saturated heterocycles. The Bertz CT molecular complexity index is 767. The fourth-order valence-corrected chi connectivity index (χ4v) is 4.08. The summed E-state index contributed by atoms with van der Waals surface area (Å²) in [5.41, 5.74) is -0.944. The Hall–Kier alpha value is -1.91. The van der Waals surface area contributed by atoms with Crippen LogP contribution in [-0.2, 0) is 10.0 Å². The minimum Gasteiger partial charge on any atom is -0.323 e. The van der Waals surface area contributed by atoms with Crippen molar-refractivity contribution in [3.63, 3.8) is 0 Å². The van der Waals surface area contributed by atoms with Crippen LogP contribution in [-0.4, -0.2) is 37.4 Å². The first-order valence-electron chi connectivity index (χ1n) is 7.84. The molecule has 7 heteroatoms. The zero-order valence-corrected chi connectivity index (χ0v) is 15.3. The lowest BCUT2D eigenvalue weighted by atomic mass is 9.76. The molecule has 0 heterocycles. The number of rotatable bonds is 4. The highest BCUT2D eigenvalue weighted by Crippen LogP contribution is 2.37. The van der Waals surface area contributed by atoms with E-state index in [2.05, 4.69) is 10.8 Å². The van der Waals surface area contributed by atoms with Gasteiger partial charge in [0.1, 0.15) is 5.54 Å². The van der Waals surface area contributed by atoms with E-state index in [0.29, 0.717) is 18.4 Å². The maximum absolute atomic E-state index is 12.5. The molecule has 24 heavy (non-hydrogen) atoms. The van der Waals surface area contributed by atoms with Gasteiger partial charge in [-0.3, -0.25) is 4.79 Å². The third-order valence-electron chi connectivity index (χ3n) is 4.19. The van der Waals surface area contributed by atoms with Gasteiger partial charge in [-0.1, -0.05) is 0 Å². The predicted octanol–water partition coefficient (Wildman–Crippen LogP) is 2.28. The molecule has 0 aliphatic heterocycles. The molecule has 0 spiro atoms. The summed E-state index contributed by atoms with van der Waals surface area (Å²) >= 11 is 0. The van der Waals surface area contributed by atoms with Crippen LogP contribution in [0.2, 0.25) is 0 Å². The van der Waals surface area contributed by atoms with Gasteiger partial charge in [0.05, 0.1) is 11.0 Å². The zero-order chi connectivity index (χ0) is 18.2. The maximum Gasteiger partial charge on any atom is 0.254 e. The van der Waals surface area contributed by atoms with Gasteiger partial charge in [0.2, 0.25) is 10.0 Å². The van der Waals surface area contributed by atoms with Crippen molar-refractivity contribution in [1.29, 1.82) is 5.26 Å². The van der Waals surface area contributed by atoms with E-state index in [1.807, 2.05) is 0 Å². The summed E-state index contributed by atoms with van der Waals surface area (Å²) in [6.07, 6.45) is 2.28. The first-order chi connectivity index (χ1) is 11.0. The molecule has 0 radical (unpaired) electrons. The molecule has 0 aromatic heterocycles. The van der Waals surface area contributed by atoms with Gasteiger partial charge in [-0.05, 0) is 64.3 Å². The molecule has 1 aromatic carbocycles. The number of nitrogens with zero attached hydrogens (tertiary/aromatic N) is 2. The molecule has 130 valence electrons. The standard InChI is InChI=1S/C17H23N3O3S/c1-16(2,3)19-24(22,23)14-8-6-13(7-9-14)15(21)20(4)17(12-18)10-5-11-17/h6-9,19H,5,10-11H2,1-4H3. The maximum atomic E-state index is 12.5. The van der Waals surface area contributed by atoms with E-state index in [1.54, 1.807) is 27.8 Å². The Labute approximate surface area is 143 Å². The fourth-order valence-electron chi connectivity index (χ4n) is 2.66. The molecule has 0 unspecified atom stereocenters. The molecule has 1 aliphatic carbocycles. The number of carbonyl (C=O) groups excluding carboxylic acids is 1. The van der Waals surface area contributed by atoms with Crippen molar-refractivity contribution in [3.8, 4) is 6.07 Å². The van der Waals surface area contributed by atoms with Crippen LogP contribution >= 0.6 is 0 Å². The van der Waals surface area contributed by atoms with Crippen molar-refractivity contribution in [2.75, 3.05) is 7.05 Å². The average molecular weight is 349 g/mol. The van der Waals surface area contributed by atoms with E-state index in [0.717, 1.165) is 6.42 Å². The highest BCUT2D eigenvalue weighted by Gasteiger charge is 2.43. The highest BCUT2D eigenvalue weighted by atomic mass is 32.2. The Balaban J connectivity index is 2.21. The normalized spacial score (nSPS) is 16.8. The molecule has 0 bridgehead atoms. The lowest BCUT2D eigenvalue weighted by molar-refractivity contribution is 0.0497. The van der Waals surface area contributed by atoms with Crippen molar-refractivity contribution in [2.24, 2.45) is 0 Å². The molecule has 0 atom stereocenters. The van der Waals surface area contributed by atoms with Gasteiger partial charge in [-0.2, -0.15) is 5.26 Å². The number of nitriles is 1. The lowest BCUT2D eigenvalue weighted by Crippen LogP contribution is -2.53. The second kappa shape index (κ2) is 6.19. The van der Waals surface area contributed by atoms with Crippen LogP contribution in [0.1, 0.15) is 50.4 Å². The zero-order valence-electron chi connectivity index (χ0n) is 14.5. The van der Waals surface area contributed by atoms with Gasteiger partial charge < -0.3 is 4.90 Å². The van der Waals surface area contributed by atoms with Crippen LogP contribution in [0.15, 0.2) is 29.2 Å². The summed E-state index contributed by atoms with van der Waals surface area (Å²) in [5, 5.41) is 9.33. The van der Waals surface area contributed by atoms with Crippen LogP contribution in [0, 0.1) is 11.3 Å². The molecule has 6 nitrogen and oxygen atoms in total. The Morgan fingerprint density at radius 2 is 1.79 bits per heavy atom. The molecule has 1 amide bonds. The van der Waals surface area contributed by atoms with Crippen LogP contribution in [0.4, 0.5) is 0 Å². The third-order valence-corrected chi connectivity index (χ3v) is 5.96. The van der Waals surface area contributed by atoms with E-state index >= 15 is 0 Å². The van der Waals surface area contributed by atoms with E-state index < -0.39 is 21.1 Å². The average Bonchev–Trinajstić information content (AvgIpc) is 2.43. The van der Waals surface area contributed by atoms with Gasteiger partial charge >= 0.3 is 0 Å². The number of benzene rings is 1. The molecule has 1 aliphatic rings. The van der Waals surface area contributed by atoms with E-state index in [4.69, 9.17) is 0 Å². The van der Waals surface area contributed by atoms with Crippen molar-refractivity contribution in [3.05, 3.63) is 29.8 Å². The minimum absolute atomic E-state index is 0.107. The molecular weight excluding hydrogens is 326 g/mol. The molecule has 1 N–H and O–H groups in total. The second-order valence-corrected chi connectivity index (χ2v) is 8.92. The first kappa shape index (κ1) is 18.4. The summed E-state index contributed by atoms with van der Waals surface area (Å²) in [4.78, 5) is 14.1. The summed E-state index contributed by atoms with van der Waals surface area (Å²) in [6.45, 7) is 5.28. The van der Waals surface area contributed by atoms with Crippen molar-refractivity contribution in [2.45, 2.75) is 56.0 Å². The van der Waals surface area contributed by atoms with Gasteiger partial charge in [-0.25, -0.2) is 13.1 Å². The Morgan fingerprint density at radius 3 is 2.17 bits per heavy atom. The second-order valence-electron chi connectivity index (χ2n) is 7.24. The SMILES string of the molecule is CN(C(=O)c1ccc(S(=O)(=O)NC(C)(C)C)cc1)C1(C#N)CCC1. The number of amides is 1. The third kappa shape index (κ3) is 3.60. The number of nitrogens with one attached hydrogen (secondary N) is 1. The summed E-state index contributed by atoms with van der Waals surface area (Å²) in [7, 11) is -2.01. The van der Waals surface area contributed by atoms with Gasteiger partial charge in [-0.15, -0.1) is 0 Å². The summed E-state index contributed by atoms with van der Waals surface area (Å²) < 4.78 is 27.1. The topological polar surface area (TPSA) is 90.3 Å². The Kier molecular flexibility index (Phi) is 4.75. The van der Waals surface area contributed by atoms with Crippen molar-refractivity contribution < 1.29 is 13.2 Å². The van der Waals surface area contributed by atoms with Gasteiger partial charge in [0, 0.05) is 18.2 Å². The highest BCUT2D eigenvalue weighted by molar-refractivity contribution is 7.89. The van der Waals surface area contributed by atoms with E-state index in [1.165, 1.54) is 29.2 Å². The fraction of sp³-hybridized carbons (Fsp3) is 0.529. The smallest absolute Gasteiger partial charge is 0.254 e. The van der Waals surface area contributed by atoms with Crippen molar-refractivity contribution in [1.82, 2.24) is 9.62 Å². The van der Waals surface area contributed by atoms with Crippen molar-refractivity contribution >= 4 is 15.9 Å². The van der Waals surface area contributed by atoms with Crippen LogP contribution in [0.3, 0.4) is 0 Å².